The number of anilines is 1. The molecule has 1 amide bonds. The Labute approximate surface area is 117 Å². The van der Waals surface area contributed by atoms with Crippen LogP contribution in [0, 0.1) is 0 Å². The van der Waals surface area contributed by atoms with Crippen LogP contribution in [0.4, 0.5) is 10.5 Å². The second-order valence-electron chi connectivity index (χ2n) is 3.99. The fourth-order valence-corrected chi connectivity index (χ4v) is 1.57. The van der Waals surface area contributed by atoms with Gasteiger partial charge in [0.1, 0.15) is 6.61 Å². The summed E-state index contributed by atoms with van der Waals surface area (Å²) in [6.07, 6.45) is -0.551. The van der Waals surface area contributed by atoms with Crippen LogP contribution in [0.25, 0.3) is 0 Å². The molecule has 0 unspecified atom stereocenters. The van der Waals surface area contributed by atoms with Gasteiger partial charge in [-0.2, -0.15) is 0 Å². The van der Waals surface area contributed by atoms with E-state index in [-0.39, 0.29) is 0 Å². The highest BCUT2D eigenvalue weighted by molar-refractivity contribution is 6.35. The largest absolute Gasteiger partial charge is 0.448 e. The fraction of sp³-hybridized carbons (Fsp3) is 0.417. The minimum Gasteiger partial charge on any atom is -0.448 e. The highest BCUT2D eigenvalue weighted by Gasteiger charge is 2.07. The summed E-state index contributed by atoms with van der Waals surface area (Å²) in [7, 11) is 0. The van der Waals surface area contributed by atoms with Gasteiger partial charge in [-0.3, -0.25) is 5.32 Å². The van der Waals surface area contributed by atoms with Gasteiger partial charge in [0.15, 0.2) is 0 Å². The molecule has 0 aliphatic rings. The third-order valence-corrected chi connectivity index (χ3v) is 2.62. The Bertz CT molecular complexity index is 411. The Kier molecular flexibility index (Phi) is 6.25. The number of hydrogen-bond acceptors (Lipinski definition) is 3. The van der Waals surface area contributed by atoms with Gasteiger partial charge in [-0.05, 0) is 18.2 Å². The van der Waals surface area contributed by atoms with Crippen molar-refractivity contribution in [2.45, 2.75) is 19.9 Å². The zero-order valence-electron chi connectivity index (χ0n) is 10.3. The van der Waals surface area contributed by atoms with Crippen molar-refractivity contribution < 1.29 is 9.53 Å². The Morgan fingerprint density at radius 1 is 1.39 bits per heavy atom. The molecule has 0 spiro atoms. The first kappa shape index (κ1) is 15.1. The number of halogens is 2. The van der Waals surface area contributed by atoms with Crippen molar-refractivity contribution in [2.24, 2.45) is 0 Å². The zero-order chi connectivity index (χ0) is 13.5. The van der Waals surface area contributed by atoms with Gasteiger partial charge in [0.05, 0.1) is 10.7 Å². The van der Waals surface area contributed by atoms with Crippen LogP contribution in [-0.4, -0.2) is 25.3 Å². The van der Waals surface area contributed by atoms with E-state index in [0.29, 0.717) is 34.9 Å². The van der Waals surface area contributed by atoms with Crippen LogP contribution in [0.1, 0.15) is 13.8 Å². The van der Waals surface area contributed by atoms with Crippen molar-refractivity contribution in [3.8, 4) is 0 Å². The average molecular weight is 291 g/mol. The molecule has 1 aromatic rings. The number of carbonyl (C=O) groups is 1. The Morgan fingerprint density at radius 2 is 2.11 bits per heavy atom. The average Bonchev–Trinajstić information content (AvgIpc) is 2.29. The lowest BCUT2D eigenvalue weighted by Crippen LogP contribution is -2.28. The number of benzene rings is 1. The van der Waals surface area contributed by atoms with Gasteiger partial charge in [0.25, 0.3) is 0 Å². The van der Waals surface area contributed by atoms with E-state index >= 15 is 0 Å². The Hall–Kier alpha value is -0.970. The number of ether oxygens (including phenoxy) is 1. The molecule has 0 aliphatic carbocycles. The van der Waals surface area contributed by atoms with Crippen molar-refractivity contribution in [3.05, 3.63) is 28.2 Å². The number of hydrogen-bond donors (Lipinski definition) is 2. The summed E-state index contributed by atoms with van der Waals surface area (Å²) in [5, 5.41) is 6.58. The van der Waals surface area contributed by atoms with Gasteiger partial charge in [-0.25, -0.2) is 4.79 Å². The second-order valence-corrected chi connectivity index (χ2v) is 4.84. The van der Waals surface area contributed by atoms with Crippen molar-refractivity contribution in [3.63, 3.8) is 0 Å². The van der Waals surface area contributed by atoms with Crippen LogP contribution in [0.2, 0.25) is 10.0 Å². The molecule has 0 atom stereocenters. The summed E-state index contributed by atoms with van der Waals surface area (Å²) < 4.78 is 4.98. The van der Waals surface area contributed by atoms with Crippen LogP contribution < -0.4 is 10.6 Å². The van der Waals surface area contributed by atoms with Gasteiger partial charge >= 0.3 is 6.09 Å². The van der Waals surface area contributed by atoms with Gasteiger partial charge in [-0.1, -0.05) is 37.0 Å². The maximum atomic E-state index is 11.5. The molecule has 0 fully saturated rings. The van der Waals surface area contributed by atoms with E-state index in [2.05, 4.69) is 10.6 Å². The predicted octanol–water partition coefficient (Wildman–Crippen LogP) is 3.54. The maximum absolute atomic E-state index is 11.5. The molecule has 2 N–H and O–H groups in total. The van der Waals surface area contributed by atoms with E-state index in [1.54, 1.807) is 18.2 Å². The number of amides is 1. The summed E-state index contributed by atoms with van der Waals surface area (Å²) in [5.74, 6) is 0. The quantitative estimate of drug-likeness (QED) is 0.816. The van der Waals surface area contributed by atoms with Crippen molar-refractivity contribution in [2.75, 3.05) is 18.5 Å². The smallest absolute Gasteiger partial charge is 0.411 e. The van der Waals surface area contributed by atoms with E-state index in [0.717, 1.165) is 0 Å². The fourth-order valence-electron chi connectivity index (χ4n) is 1.23. The van der Waals surface area contributed by atoms with E-state index in [1.807, 2.05) is 13.8 Å². The lowest BCUT2D eigenvalue weighted by Gasteiger charge is -2.10. The third-order valence-electron chi connectivity index (χ3n) is 2.05. The SMILES string of the molecule is CC(C)NCCOC(=O)Nc1cc(Cl)ccc1Cl. The molecule has 0 aromatic heterocycles. The molecular weight excluding hydrogens is 275 g/mol. The van der Waals surface area contributed by atoms with Gasteiger partial charge < -0.3 is 10.1 Å². The van der Waals surface area contributed by atoms with E-state index < -0.39 is 6.09 Å². The van der Waals surface area contributed by atoms with E-state index in [4.69, 9.17) is 27.9 Å². The van der Waals surface area contributed by atoms with Crippen LogP contribution in [0.3, 0.4) is 0 Å². The highest BCUT2D eigenvalue weighted by Crippen LogP contribution is 2.25. The normalized spacial score (nSPS) is 10.5. The lowest BCUT2D eigenvalue weighted by atomic mass is 10.3. The summed E-state index contributed by atoms with van der Waals surface area (Å²) in [6, 6.07) is 5.18. The molecule has 0 aliphatic heterocycles. The zero-order valence-corrected chi connectivity index (χ0v) is 11.8. The van der Waals surface area contributed by atoms with Crippen LogP contribution in [0.5, 0.6) is 0 Å². The minimum absolute atomic E-state index is 0.294. The first-order valence-electron chi connectivity index (χ1n) is 5.61. The standard InChI is InChI=1S/C12H16Cl2N2O2/c1-8(2)15-5-6-18-12(17)16-11-7-9(13)3-4-10(11)14/h3-4,7-8,15H,5-6H2,1-2H3,(H,16,17). The van der Waals surface area contributed by atoms with Gasteiger partial charge in [0.2, 0.25) is 0 Å². The Morgan fingerprint density at radius 3 is 2.78 bits per heavy atom. The first-order chi connectivity index (χ1) is 8.49. The summed E-state index contributed by atoms with van der Waals surface area (Å²) in [5.41, 5.74) is 0.436. The molecule has 1 rings (SSSR count). The summed E-state index contributed by atoms with van der Waals surface area (Å²) >= 11 is 11.7. The molecule has 0 saturated carbocycles. The van der Waals surface area contributed by atoms with Crippen LogP contribution in [-0.2, 0) is 4.74 Å². The molecular formula is C12H16Cl2N2O2. The van der Waals surface area contributed by atoms with Gasteiger partial charge in [-0.15, -0.1) is 0 Å². The summed E-state index contributed by atoms with van der Waals surface area (Å²) in [4.78, 5) is 11.5. The number of rotatable bonds is 5. The molecule has 0 radical (unpaired) electrons. The minimum atomic E-state index is -0.551. The second kappa shape index (κ2) is 7.46. The van der Waals surface area contributed by atoms with Crippen molar-refractivity contribution >= 4 is 35.0 Å². The van der Waals surface area contributed by atoms with Crippen LogP contribution >= 0.6 is 23.2 Å². The maximum Gasteiger partial charge on any atom is 0.411 e. The summed E-state index contributed by atoms with van der Waals surface area (Å²) in [6.45, 7) is 4.94. The third kappa shape index (κ3) is 5.58. The molecule has 0 heterocycles. The Balaban J connectivity index is 2.38. The van der Waals surface area contributed by atoms with Crippen LogP contribution in [0.15, 0.2) is 18.2 Å². The highest BCUT2D eigenvalue weighted by atomic mass is 35.5. The lowest BCUT2D eigenvalue weighted by molar-refractivity contribution is 0.161. The molecule has 100 valence electrons. The van der Waals surface area contributed by atoms with Crippen molar-refractivity contribution in [1.82, 2.24) is 5.32 Å². The topological polar surface area (TPSA) is 50.4 Å². The number of carbonyl (C=O) groups excluding carboxylic acids is 1. The predicted molar refractivity (Wildman–Crippen MR) is 74.6 cm³/mol. The molecule has 6 heteroatoms. The molecule has 0 bridgehead atoms. The first-order valence-corrected chi connectivity index (χ1v) is 6.37. The monoisotopic (exact) mass is 290 g/mol. The number of nitrogens with one attached hydrogen (secondary N) is 2. The molecule has 1 aromatic carbocycles. The molecule has 4 nitrogen and oxygen atoms in total. The van der Waals surface area contributed by atoms with Gasteiger partial charge in [0, 0.05) is 17.6 Å². The molecule has 0 saturated heterocycles. The van der Waals surface area contributed by atoms with E-state index in [9.17, 15) is 4.79 Å². The molecule has 18 heavy (non-hydrogen) atoms. The van der Waals surface area contributed by atoms with Crippen molar-refractivity contribution in [1.29, 1.82) is 0 Å². The van der Waals surface area contributed by atoms with E-state index in [1.165, 1.54) is 0 Å².